The lowest BCUT2D eigenvalue weighted by Crippen LogP contribution is -2.52. The van der Waals surface area contributed by atoms with Crippen molar-refractivity contribution in [1.29, 1.82) is 0 Å². The van der Waals surface area contributed by atoms with Crippen LogP contribution in [0.3, 0.4) is 0 Å². The van der Waals surface area contributed by atoms with E-state index >= 15 is 0 Å². The molecule has 2 heterocycles. The van der Waals surface area contributed by atoms with Gasteiger partial charge in [0, 0.05) is 39.1 Å². The predicted octanol–water partition coefficient (Wildman–Crippen LogP) is 0.272. The van der Waals surface area contributed by atoms with E-state index in [1.54, 1.807) is 17.0 Å². The summed E-state index contributed by atoms with van der Waals surface area (Å²) in [6, 6.07) is 5.13. The van der Waals surface area contributed by atoms with Crippen molar-refractivity contribution in [3.63, 3.8) is 0 Å². The van der Waals surface area contributed by atoms with Gasteiger partial charge in [-0.05, 0) is 37.1 Å². The van der Waals surface area contributed by atoms with Gasteiger partial charge in [0.2, 0.25) is 21.8 Å². The number of aryl methyl sites for hydroxylation is 2. The van der Waals surface area contributed by atoms with Gasteiger partial charge in [0.1, 0.15) is 0 Å². The molecule has 2 aliphatic rings. The molecule has 2 amide bonds. The van der Waals surface area contributed by atoms with Crippen molar-refractivity contribution in [2.24, 2.45) is 5.92 Å². The standard InChI is InChI=1S/C17H23N3O4S/c1-12-3-4-15(9-13(12)2)25(23,24)20-7-5-19(6-8-20)17(22)14-10-16(21)18-11-14/h3-4,9,14H,5-8,10-11H2,1-2H3,(H,18,21). The van der Waals surface area contributed by atoms with Gasteiger partial charge < -0.3 is 10.2 Å². The summed E-state index contributed by atoms with van der Waals surface area (Å²) in [5.41, 5.74) is 1.99. The number of nitrogens with one attached hydrogen (secondary N) is 1. The van der Waals surface area contributed by atoms with Crippen molar-refractivity contribution >= 4 is 21.8 Å². The number of hydrogen-bond acceptors (Lipinski definition) is 4. The van der Waals surface area contributed by atoms with Crippen LogP contribution in [0.5, 0.6) is 0 Å². The molecular formula is C17H23N3O4S. The first-order chi connectivity index (χ1) is 11.8. The van der Waals surface area contributed by atoms with Gasteiger partial charge in [-0.2, -0.15) is 4.31 Å². The zero-order chi connectivity index (χ0) is 18.2. The molecule has 2 aliphatic heterocycles. The van der Waals surface area contributed by atoms with E-state index in [1.165, 1.54) is 4.31 Å². The molecular weight excluding hydrogens is 342 g/mol. The van der Waals surface area contributed by atoms with E-state index in [-0.39, 0.29) is 37.2 Å². The zero-order valence-electron chi connectivity index (χ0n) is 14.5. The van der Waals surface area contributed by atoms with Crippen molar-refractivity contribution in [3.8, 4) is 0 Å². The fourth-order valence-corrected chi connectivity index (χ4v) is 4.72. The molecule has 0 saturated carbocycles. The Hall–Kier alpha value is -1.93. The van der Waals surface area contributed by atoms with E-state index in [1.807, 2.05) is 19.9 Å². The van der Waals surface area contributed by atoms with E-state index in [4.69, 9.17) is 0 Å². The summed E-state index contributed by atoms with van der Waals surface area (Å²) in [4.78, 5) is 25.6. The maximum atomic E-state index is 12.8. The minimum atomic E-state index is -3.55. The van der Waals surface area contributed by atoms with Crippen molar-refractivity contribution in [1.82, 2.24) is 14.5 Å². The Kier molecular flexibility index (Phi) is 4.83. The molecule has 2 fully saturated rings. The molecule has 136 valence electrons. The van der Waals surface area contributed by atoms with Crippen LogP contribution >= 0.6 is 0 Å². The summed E-state index contributed by atoms with van der Waals surface area (Å²) >= 11 is 0. The van der Waals surface area contributed by atoms with Crippen LogP contribution < -0.4 is 5.32 Å². The lowest BCUT2D eigenvalue weighted by molar-refractivity contribution is -0.136. The first-order valence-corrected chi connectivity index (χ1v) is 9.86. The number of sulfonamides is 1. The molecule has 1 unspecified atom stereocenters. The molecule has 7 nitrogen and oxygen atoms in total. The second-order valence-electron chi connectivity index (χ2n) is 6.68. The largest absolute Gasteiger partial charge is 0.355 e. The van der Waals surface area contributed by atoms with E-state index in [0.717, 1.165) is 11.1 Å². The predicted molar refractivity (Wildman–Crippen MR) is 92.4 cm³/mol. The summed E-state index contributed by atoms with van der Waals surface area (Å²) in [6.45, 7) is 5.46. The molecule has 0 radical (unpaired) electrons. The summed E-state index contributed by atoms with van der Waals surface area (Å²) in [6.07, 6.45) is 0.222. The maximum Gasteiger partial charge on any atom is 0.243 e. The number of piperazine rings is 1. The SMILES string of the molecule is Cc1ccc(S(=O)(=O)N2CCN(C(=O)C3CNC(=O)C3)CC2)cc1C. The van der Waals surface area contributed by atoms with E-state index in [9.17, 15) is 18.0 Å². The van der Waals surface area contributed by atoms with Crippen LogP contribution in [-0.2, 0) is 19.6 Å². The second kappa shape index (κ2) is 6.76. The van der Waals surface area contributed by atoms with Gasteiger partial charge in [-0.3, -0.25) is 9.59 Å². The second-order valence-corrected chi connectivity index (χ2v) is 8.62. The number of carbonyl (C=O) groups excluding carboxylic acids is 2. The average molecular weight is 365 g/mol. The maximum absolute atomic E-state index is 12.8. The molecule has 1 aromatic rings. The quantitative estimate of drug-likeness (QED) is 0.833. The number of amides is 2. The third kappa shape index (κ3) is 3.55. The number of nitrogens with zero attached hydrogens (tertiary/aromatic N) is 2. The summed E-state index contributed by atoms with van der Waals surface area (Å²) in [5.74, 6) is -0.494. The van der Waals surface area contributed by atoms with Gasteiger partial charge in [-0.15, -0.1) is 0 Å². The molecule has 1 atom stereocenters. The van der Waals surface area contributed by atoms with Gasteiger partial charge in [0.05, 0.1) is 10.8 Å². The highest BCUT2D eigenvalue weighted by atomic mass is 32.2. The first kappa shape index (κ1) is 17.9. The Balaban J connectivity index is 1.66. The lowest BCUT2D eigenvalue weighted by Gasteiger charge is -2.35. The number of benzene rings is 1. The topological polar surface area (TPSA) is 86.8 Å². The summed E-state index contributed by atoms with van der Waals surface area (Å²) in [5, 5.41) is 2.66. The molecule has 0 aliphatic carbocycles. The highest BCUT2D eigenvalue weighted by Gasteiger charge is 2.35. The zero-order valence-corrected chi connectivity index (χ0v) is 15.3. The summed E-state index contributed by atoms with van der Waals surface area (Å²) in [7, 11) is -3.55. The first-order valence-electron chi connectivity index (χ1n) is 8.42. The lowest BCUT2D eigenvalue weighted by atomic mass is 10.1. The molecule has 8 heteroatoms. The Morgan fingerprint density at radius 2 is 1.80 bits per heavy atom. The fourth-order valence-electron chi connectivity index (χ4n) is 3.21. The van der Waals surface area contributed by atoms with Crippen LogP contribution in [0, 0.1) is 19.8 Å². The number of rotatable bonds is 3. The molecule has 1 aromatic carbocycles. The normalized spacial score (nSPS) is 22.1. The third-order valence-electron chi connectivity index (χ3n) is 4.99. The Bertz CT molecular complexity index is 798. The van der Waals surface area contributed by atoms with Gasteiger partial charge in [0.25, 0.3) is 0 Å². The van der Waals surface area contributed by atoms with Crippen LogP contribution in [0.4, 0.5) is 0 Å². The van der Waals surface area contributed by atoms with Crippen molar-refractivity contribution in [3.05, 3.63) is 29.3 Å². The van der Waals surface area contributed by atoms with E-state index in [2.05, 4.69) is 5.32 Å². The van der Waals surface area contributed by atoms with Gasteiger partial charge >= 0.3 is 0 Å². The Labute approximate surface area is 148 Å². The molecule has 25 heavy (non-hydrogen) atoms. The fraction of sp³-hybridized carbons (Fsp3) is 0.529. The van der Waals surface area contributed by atoms with E-state index < -0.39 is 10.0 Å². The van der Waals surface area contributed by atoms with Gasteiger partial charge in [-0.1, -0.05) is 6.07 Å². The average Bonchev–Trinajstić information content (AvgIpc) is 3.03. The summed E-state index contributed by atoms with van der Waals surface area (Å²) < 4.78 is 27.0. The van der Waals surface area contributed by atoms with Crippen LogP contribution in [0.25, 0.3) is 0 Å². The Morgan fingerprint density at radius 1 is 1.12 bits per heavy atom. The van der Waals surface area contributed by atoms with Crippen LogP contribution in [0.2, 0.25) is 0 Å². The molecule has 3 rings (SSSR count). The van der Waals surface area contributed by atoms with Gasteiger partial charge in [0.15, 0.2) is 0 Å². The number of carbonyl (C=O) groups is 2. The van der Waals surface area contributed by atoms with Crippen LogP contribution in [0.15, 0.2) is 23.1 Å². The Morgan fingerprint density at radius 3 is 2.36 bits per heavy atom. The molecule has 1 N–H and O–H groups in total. The minimum Gasteiger partial charge on any atom is -0.355 e. The van der Waals surface area contributed by atoms with E-state index in [0.29, 0.717) is 24.5 Å². The molecule has 0 spiro atoms. The van der Waals surface area contributed by atoms with Crippen molar-refractivity contribution < 1.29 is 18.0 Å². The molecule has 0 aromatic heterocycles. The number of hydrogen-bond donors (Lipinski definition) is 1. The monoisotopic (exact) mass is 365 g/mol. The van der Waals surface area contributed by atoms with Crippen LogP contribution in [0.1, 0.15) is 17.5 Å². The molecule has 2 saturated heterocycles. The van der Waals surface area contributed by atoms with Crippen molar-refractivity contribution in [2.45, 2.75) is 25.2 Å². The van der Waals surface area contributed by atoms with Gasteiger partial charge in [-0.25, -0.2) is 8.42 Å². The van der Waals surface area contributed by atoms with Crippen molar-refractivity contribution in [2.75, 3.05) is 32.7 Å². The van der Waals surface area contributed by atoms with Crippen LogP contribution in [-0.4, -0.2) is 62.2 Å². The smallest absolute Gasteiger partial charge is 0.243 e. The highest BCUT2D eigenvalue weighted by Crippen LogP contribution is 2.21. The minimum absolute atomic E-state index is 0.0680. The highest BCUT2D eigenvalue weighted by molar-refractivity contribution is 7.89. The third-order valence-corrected chi connectivity index (χ3v) is 6.89. The molecule has 0 bridgehead atoms.